The van der Waals surface area contributed by atoms with Crippen molar-refractivity contribution in [3.8, 4) is 11.5 Å². The van der Waals surface area contributed by atoms with Crippen molar-refractivity contribution < 1.29 is 19.7 Å². The molecule has 4 atom stereocenters. The van der Waals surface area contributed by atoms with Crippen LogP contribution in [0.5, 0.6) is 11.5 Å². The molecule has 39 heavy (non-hydrogen) atoms. The first-order chi connectivity index (χ1) is 19.0. The smallest absolute Gasteiger partial charge is 0.174 e. The molecule has 0 bridgehead atoms. The summed E-state index contributed by atoms with van der Waals surface area (Å²) >= 11 is 3.57. The molecule has 1 aliphatic carbocycles. The topological polar surface area (TPSA) is 102 Å². The van der Waals surface area contributed by atoms with E-state index in [9.17, 15) is 5.11 Å². The molecule has 0 amide bonds. The number of aliphatic hydroxyl groups is 2. The number of methoxy groups -OCH3 is 1. The van der Waals surface area contributed by atoms with Crippen LogP contribution in [0.4, 0.5) is 0 Å². The Morgan fingerprint density at radius 3 is 2.51 bits per heavy atom. The number of rotatable bonds is 7. The lowest BCUT2D eigenvalue weighted by atomic mass is 9.70. The van der Waals surface area contributed by atoms with Crippen LogP contribution in [0.25, 0.3) is 0 Å². The van der Waals surface area contributed by atoms with Crippen LogP contribution in [-0.4, -0.2) is 45.7 Å². The first kappa shape index (κ1) is 27.3. The van der Waals surface area contributed by atoms with Crippen molar-refractivity contribution in [2.24, 2.45) is 13.0 Å². The maximum absolute atomic E-state index is 13.1. The molecule has 4 aromatic rings. The molecule has 0 spiro atoms. The van der Waals surface area contributed by atoms with E-state index in [1.54, 1.807) is 25.7 Å². The highest BCUT2D eigenvalue weighted by molar-refractivity contribution is 9.10. The lowest BCUT2D eigenvalue weighted by molar-refractivity contribution is -0.127. The molecule has 8 nitrogen and oxygen atoms in total. The fourth-order valence-electron chi connectivity index (χ4n) is 6.35. The van der Waals surface area contributed by atoms with Crippen molar-refractivity contribution in [3.63, 3.8) is 0 Å². The van der Waals surface area contributed by atoms with Crippen LogP contribution in [0.2, 0.25) is 0 Å². The number of ether oxygens (including phenoxy) is 2. The van der Waals surface area contributed by atoms with Gasteiger partial charge in [0, 0.05) is 49.8 Å². The Bertz CT molecular complexity index is 1410. The van der Waals surface area contributed by atoms with Gasteiger partial charge in [-0.15, -0.1) is 0 Å². The van der Waals surface area contributed by atoms with Crippen molar-refractivity contribution in [1.29, 1.82) is 0 Å². The third kappa shape index (κ3) is 4.34. The van der Waals surface area contributed by atoms with Gasteiger partial charge in [0.1, 0.15) is 17.1 Å². The molecule has 9 heteroatoms. The standard InChI is InChI=1S/C29H29BrN4O3.CH4O/c1-34-23(12-13-33-34)16-31-15-21-14-24(19-6-4-3-5-7-19)29(20-8-10-22(30)11-9-20)28(21,35)27-25(36-2)17-32-18-26(27)37-29;1-2/h3-13,17-18,21,24,31,35H,14-16H2,1-2H3;2H,1H3. The predicted molar refractivity (Wildman–Crippen MR) is 151 cm³/mol. The van der Waals surface area contributed by atoms with E-state index < -0.39 is 11.2 Å². The van der Waals surface area contributed by atoms with Crippen molar-refractivity contribution in [1.82, 2.24) is 20.1 Å². The summed E-state index contributed by atoms with van der Waals surface area (Å²) in [5, 5.41) is 27.9. The second-order valence-corrected chi connectivity index (χ2v) is 10.7. The number of nitrogens with one attached hydrogen (secondary N) is 1. The average molecular weight is 594 g/mol. The summed E-state index contributed by atoms with van der Waals surface area (Å²) in [5.74, 6) is 0.805. The minimum atomic E-state index is -1.37. The third-order valence-corrected chi connectivity index (χ3v) is 8.54. The Morgan fingerprint density at radius 1 is 1.10 bits per heavy atom. The van der Waals surface area contributed by atoms with Crippen molar-refractivity contribution in [2.75, 3.05) is 20.8 Å². The van der Waals surface area contributed by atoms with E-state index in [-0.39, 0.29) is 11.8 Å². The molecule has 1 fully saturated rings. The largest absolute Gasteiger partial charge is 0.495 e. The lowest BCUT2D eigenvalue weighted by Crippen LogP contribution is -2.52. The van der Waals surface area contributed by atoms with Gasteiger partial charge in [0.15, 0.2) is 5.60 Å². The van der Waals surface area contributed by atoms with Crippen molar-refractivity contribution in [2.45, 2.75) is 30.1 Å². The molecule has 4 unspecified atom stereocenters. The number of halogens is 1. The molecule has 2 aromatic carbocycles. The molecule has 1 saturated carbocycles. The maximum Gasteiger partial charge on any atom is 0.174 e. The molecule has 1 aliphatic heterocycles. The van der Waals surface area contributed by atoms with E-state index in [0.717, 1.165) is 34.8 Å². The summed E-state index contributed by atoms with van der Waals surface area (Å²) in [7, 11) is 4.54. The van der Waals surface area contributed by atoms with E-state index in [4.69, 9.17) is 14.6 Å². The average Bonchev–Trinajstić information content (AvgIpc) is 3.58. The number of pyridine rings is 1. The zero-order chi connectivity index (χ0) is 27.6. The number of fused-ring (bicyclic) bond motifs is 3. The van der Waals surface area contributed by atoms with E-state index >= 15 is 0 Å². The minimum absolute atomic E-state index is 0.111. The number of aromatic nitrogens is 3. The van der Waals surface area contributed by atoms with Gasteiger partial charge < -0.3 is 25.0 Å². The monoisotopic (exact) mass is 592 g/mol. The first-order valence-corrected chi connectivity index (χ1v) is 13.7. The third-order valence-electron chi connectivity index (χ3n) is 8.01. The summed E-state index contributed by atoms with van der Waals surface area (Å²) < 4.78 is 15.5. The van der Waals surface area contributed by atoms with Gasteiger partial charge in [-0.2, -0.15) is 5.10 Å². The number of aliphatic hydroxyl groups excluding tert-OH is 1. The highest BCUT2D eigenvalue weighted by atomic mass is 79.9. The van der Waals surface area contributed by atoms with E-state index in [1.165, 1.54) is 0 Å². The maximum atomic E-state index is 13.1. The van der Waals surface area contributed by atoms with Crippen LogP contribution in [0.3, 0.4) is 0 Å². The van der Waals surface area contributed by atoms with Crippen LogP contribution in [0, 0.1) is 5.92 Å². The van der Waals surface area contributed by atoms with Crippen LogP contribution in [0.1, 0.15) is 34.7 Å². The summed E-state index contributed by atoms with van der Waals surface area (Å²) in [6.45, 7) is 1.23. The van der Waals surface area contributed by atoms with Gasteiger partial charge in [-0.05, 0) is 35.7 Å². The Hall–Kier alpha value is -3.24. The number of benzene rings is 2. The SMILES string of the molecule is CO.COc1cncc2c1C1(O)C(CNCc3ccnn3C)CC(c3ccccc3)C1(c1ccc(Br)cc1)O2. The predicted octanol–water partition coefficient (Wildman–Crippen LogP) is 4.26. The lowest BCUT2D eigenvalue weighted by Gasteiger charge is -2.42. The summed E-state index contributed by atoms with van der Waals surface area (Å²) in [6.07, 6.45) is 5.87. The van der Waals surface area contributed by atoms with Crippen molar-refractivity contribution in [3.05, 3.63) is 106 Å². The summed E-state index contributed by atoms with van der Waals surface area (Å²) in [5.41, 5.74) is 1.35. The van der Waals surface area contributed by atoms with Crippen molar-refractivity contribution >= 4 is 15.9 Å². The van der Waals surface area contributed by atoms with Crippen LogP contribution in [0.15, 0.2) is 83.7 Å². The highest BCUT2D eigenvalue weighted by Gasteiger charge is 2.73. The normalized spacial score (nSPS) is 24.8. The molecule has 6 rings (SSSR count). The Kier molecular flexibility index (Phi) is 7.77. The second-order valence-electron chi connectivity index (χ2n) is 9.80. The van der Waals surface area contributed by atoms with E-state index in [2.05, 4.69) is 43.5 Å². The van der Waals surface area contributed by atoms with Gasteiger partial charge in [0.2, 0.25) is 0 Å². The zero-order valence-electron chi connectivity index (χ0n) is 22.2. The van der Waals surface area contributed by atoms with E-state index in [1.807, 2.05) is 60.3 Å². The molecule has 3 N–H and O–H groups in total. The molecular formula is C30H33BrN4O4. The summed E-state index contributed by atoms with van der Waals surface area (Å²) in [6, 6.07) is 20.4. The van der Waals surface area contributed by atoms with Crippen LogP contribution >= 0.6 is 15.9 Å². The van der Waals surface area contributed by atoms with Crippen LogP contribution in [-0.2, 0) is 24.8 Å². The fraction of sp³-hybridized carbons (Fsp3) is 0.333. The number of hydrogen-bond acceptors (Lipinski definition) is 7. The first-order valence-electron chi connectivity index (χ1n) is 12.9. The number of hydrogen-bond donors (Lipinski definition) is 3. The molecule has 2 aliphatic rings. The Morgan fingerprint density at radius 2 is 1.85 bits per heavy atom. The zero-order valence-corrected chi connectivity index (χ0v) is 23.8. The molecule has 0 saturated heterocycles. The van der Waals surface area contributed by atoms with Crippen LogP contribution < -0.4 is 14.8 Å². The Balaban J connectivity index is 0.00000151. The number of aryl methyl sites for hydroxylation is 1. The molecular weight excluding hydrogens is 560 g/mol. The van der Waals surface area contributed by atoms with Gasteiger partial charge in [0.25, 0.3) is 0 Å². The van der Waals surface area contributed by atoms with E-state index in [0.29, 0.717) is 30.2 Å². The van der Waals surface area contributed by atoms with Gasteiger partial charge >= 0.3 is 0 Å². The molecule has 2 aromatic heterocycles. The molecule has 0 radical (unpaired) electrons. The Labute approximate surface area is 236 Å². The fourth-order valence-corrected chi connectivity index (χ4v) is 6.61. The highest BCUT2D eigenvalue weighted by Crippen LogP contribution is 2.69. The quantitative estimate of drug-likeness (QED) is 0.294. The minimum Gasteiger partial charge on any atom is -0.495 e. The number of nitrogens with zero attached hydrogens (tertiary/aromatic N) is 3. The van der Waals surface area contributed by atoms with Gasteiger partial charge in [0.05, 0.1) is 30.8 Å². The molecule has 204 valence electrons. The van der Waals surface area contributed by atoms with Gasteiger partial charge in [-0.3, -0.25) is 9.67 Å². The van der Waals surface area contributed by atoms with Gasteiger partial charge in [-0.1, -0.05) is 58.4 Å². The molecule has 3 heterocycles. The van der Waals surface area contributed by atoms with Gasteiger partial charge in [-0.25, -0.2) is 0 Å². The summed E-state index contributed by atoms with van der Waals surface area (Å²) in [4.78, 5) is 4.36. The second kappa shape index (κ2) is 11.1.